The van der Waals surface area contributed by atoms with Crippen molar-refractivity contribution in [2.75, 3.05) is 33.4 Å². The summed E-state index contributed by atoms with van der Waals surface area (Å²) in [7, 11) is 2.09. The highest BCUT2D eigenvalue weighted by Gasteiger charge is 2.55. The van der Waals surface area contributed by atoms with Crippen LogP contribution < -0.4 is 0 Å². The van der Waals surface area contributed by atoms with Crippen LogP contribution in [0.1, 0.15) is 55.5 Å². The van der Waals surface area contributed by atoms with Gasteiger partial charge in [-0.3, -0.25) is 0 Å². The van der Waals surface area contributed by atoms with Gasteiger partial charge in [0.25, 0.3) is 0 Å². The Kier molecular flexibility index (Phi) is 5.32. The van der Waals surface area contributed by atoms with E-state index in [1.54, 1.807) is 6.20 Å². The van der Waals surface area contributed by atoms with Crippen molar-refractivity contribution < 1.29 is 9.84 Å². The van der Waals surface area contributed by atoms with Crippen molar-refractivity contribution in [3.8, 4) is 0 Å². The van der Waals surface area contributed by atoms with Gasteiger partial charge in [0.1, 0.15) is 5.60 Å². The first kappa shape index (κ1) is 20.2. The smallest absolute Gasteiger partial charge is 0.124 e. The Morgan fingerprint density at radius 2 is 1.90 bits per heavy atom. The van der Waals surface area contributed by atoms with Gasteiger partial charge in [-0.05, 0) is 42.2 Å². The number of rotatable bonds is 5. The summed E-state index contributed by atoms with van der Waals surface area (Å²) in [5.41, 5.74) is 3.53. The second-order valence-electron chi connectivity index (χ2n) is 9.10. The standard InChI is InChI=1S/C24H31N3O2/c1-17(2)18-5-7-20(8-6-18)24(28,23(3)15-27(4)16-23)21-13-22(26-25-14-21)19-9-11-29-12-10-19/h5-9,13-14,17,28H,10-12,15-16H2,1-4H3/t24-/m0/s1. The number of aliphatic hydroxyl groups is 1. The van der Waals surface area contributed by atoms with Crippen LogP contribution in [-0.2, 0) is 10.3 Å². The van der Waals surface area contributed by atoms with Crippen molar-refractivity contribution in [3.63, 3.8) is 0 Å². The van der Waals surface area contributed by atoms with E-state index in [2.05, 4.69) is 73.3 Å². The zero-order valence-corrected chi connectivity index (χ0v) is 17.9. The average Bonchev–Trinajstić information content (AvgIpc) is 2.73. The van der Waals surface area contributed by atoms with E-state index in [9.17, 15) is 5.11 Å². The average molecular weight is 394 g/mol. The lowest BCUT2D eigenvalue weighted by Crippen LogP contribution is -2.63. The molecule has 2 aliphatic rings. The molecule has 2 aliphatic heterocycles. The number of nitrogens with zero attached hydrogens (tertiary/aromatic N) is 3. The highest BCUT2D eigenvalue weighted by molar-refractivity contribution is 5.64. The van der Waals surface area contributed by atoms with Gasteiger partial charge in [0.05, 0.1) is 25.1 Å². The predicted octanol–water partition coefficient (Wildman–Crippen LogP) is 3.59. The van der Waals surface area contributed by atoms with Crippen molar-refractivity contribution in [3.05, 3.63) is 65.0 Å². The molecule has 4 rings (SSSR count). The summed E-state index contributed by atoms with van der Waals surface area (Å²) in [6, 6.07) is 10.4. The molecule has 1 aromatic carbocycles. The highest BCUT2D eigenvalue weighted by atomic mass is 16.5. The van der Waals surface area contributed by atoms with Gasteiger partial charge < -0.3 is 14.7 Å². The molecular weight excluding hydrogens is 362 g/mol. The molecule has 0 bridgehead atoms. The fourth-order valence-corrected chi connectivity index (χ4v) is 4.83. The summed E-state index contributed by atoms with van der Waals surface area (Å²) in [6.45, 7) is 9.48. The molecule has 154 valence electrons. The molecule has 1 atom stereocenters. The zero-order chi connectivity index (χ0) is 20.6. The number of aromatic nitrogens is 2. The normalized spacial score (nSPS) is 21.4. The molecule has 0 saturated carbocycles. The Morgan fingerprint density at radius 3 is 2.48 bits per heavy atom. The fraction of sp³-hybridized carbons (Fsp3) is 0.500. The first-order valence-corrected chi connectivity index (χ1v) is 10.5. The quantitative estimate of drug-likeness (QED) is 0.841. The minimum Gasteiger partial charge on any atom is -0.380 e. The molecule has 1 fully saturated rings. The van der Waals surface area contributed by atoms with Crippen LogP contribution in [0.25, 0.3) is 5.57 Å². The second kappa shape index (κ2) is 7.63. The van der Waals surface area contributed by atoms with Gasteiger partial charge in [0, 0.05) is 24.1 Å². The first-order valence-electron chi connectivity index (χ1n) is 10.5. The molecule has 2 aromatic rings. The molecule has 1 saturated heterocycles. The predicted molar refractivity (Wildman–Crippen MR) is 115 cm³/mol. The number of hydrogen-bond acceptors (Lipinski definition) is 5. The van der Waals surface area contributed by atoms with Crippen molar-refractivity contribution in [2.24, 2.45) is 5.41 Å². The topological polar surface area (TPSA) is 58.5 Å². The molecule has 1 N–H and O–H groups in total. The van der Waals surface area contributed by atoms with E-state index in [0.29, 0.717) is 19.1 Å². The van der Waals surface area contributed by atoms with E-state index in [4.69, 9.17) is 4.74 Å². The lowest BCUT2D eigenvalue weighted by Gasteiger charge is -2.55. The Labute approximate surface area is 173 Å². The van der Waals surface area contributed by atoms with Gasteiger partial charge in [-0.15, -0.1) is 0 Å². The van der Waals surface area contributed by atoms with Crippen molar-refractivity contribution in [1.29, 1.82) is 0 Å². The third kappa shape index (κ3) is 3.52. The fourth-order valence-electron chi connectivity index (χ4n) is 4.83. The summed E-state index contributed by atoms with van der Waals surface area (Å²) < 4.78 is 5.43. The van der Waals surface area contributed by atoms with Gasteiger partial charge in [0.15, 0.2) is 0 Å². The highest BCUT2D eigenvalue weighted by Crippen LogP contribution is 2.50. The Morgan fingerprint density at radius 1 is 1.17 bits per heavy atom. The maximum absolute atomic E-state index is 12.3. The molecule has 0 aliphatic carbocycles. The molecule has 0 amide bonds. The van der Waals surface area contributed by atoms with E-state index in [0.717, 1.165) is 41.9 Å². The van der Waals surface area contributed by atoms with Crippen molar-refractivity contribution >= 4 is 5.57 Å². The second-order valence-corrected chi connectivity index (χ2v) is 9.10. The summed E-state index contributed by atoms with van der Waals surface area (Å²) >= 11 is 0. The molecule has 5 heteroatoms. The Bertz CT molecular complexity index is 901. The monoisotopic (exact) mass is 393 g/mol. The maximum atomic E-state index is 12.3. The van der Waals surface area contributed by atoms with Crippen LogP contribution in [0, 0.1) is 5.41 Å². The van der Waals surface area contributed by atoms with E-state index >= 15 is 0 Å². The first-order chi connectivity index (χ1) is 13.8. The number of benzene rings is 1. The Balaban J connectivity index is 1.80. The van der Waals surface area contributed by atoms with Crippen LogP contribution in [0.15, 0.2) is 42.6 Å². The largest absolute Gasteiger partial charge is 0.380 e. The van der Waals surface area contributed by atoms with Gasteiger partial charge in [-0.2, -0.15) is 10.2 Å². The van der Waals surface area contributed by atoms with E-state index < -0.39 is 5.60 Å². The third-order valence-corrected chi connectivity index (χ3v) is 6.47. The molecule has 5 nitrogen and oxygen atoms in total. The SMILES string of the molecule is CC(C)c1ccc([C@](O)(c2cnnc(C3=CCOCC3)c2)C2(C)CN(C)C2)cc1. The summed E-state index contributed by atoms with van der Waals surface area (Å²) in [6.07, 6.45) is 4.61. The van der Waals surface area contributed by atoms with Gasteiger partial charge in [0.2, 0.25) is 0 Å². The lowest BCUT2D eigenvalue weighted by molar-refractivity contribution is -0.127. The van der Waals surface area contributed by atoms with E-state index in [1.807, 2.05) is 6.07 Å². The van der Waals surface area contributed by atoms with Crippen molar-refractivity contribution in [1.82, 2.24) is 15.1 Å². The molecule has 0 unspecified atom stereocenters. The van der Waals surface area contributed by atoms with Crippen LogP contribution in [0.2, 0.25) is 0 Å². The molecular formula is C24H31N3O2. The van der Waals surface area contributed by atoms with Crippen LogP contribution in [0.5, 0.6) is 0 Å². The van der Waals surface area contributed by atoms with Gasteiger partial charge in [-0.1, -0.05) is 51.1 Å². The molecule has 0 radical (unpaired) electrons. The van der Waals surface area contributed by atoms with Gasteiger partial charge >= 0.3 is 0 Å². The maximum Gasteiger partial charge on any atom is 0.124 e. The molecule has 29 heavy (non-hydrogen) atoms. The number of likely N-dealkylation sites (tertiary alicyclic amines) is 1. The minimum atomic E-state index is -1.13. The van der Waals surface area contributed by atoms with E-state index in [1.165, 1.54) is 5.56 Å². The molecule has 0 spiro atoms. The lowest BCUT2D eigenvalue weighted by atomic mass is 9.62. The molecule has 3 heterocycles. The van der Waals surface area contributed by atoms with Crippen molar-refractivity contribution in [2.45, 2.75) is 38.7 Å². The minimum absolute atomic E-state index is 0.300. The zero-order valence-electron chi connectivity index (χ0n) is 17.9. The summed E-state index contributed by atoms with van der Waals surface area (Å²) in [4.78, 5) is 2.24. The van der Waals surface area contributed by atoms with Crippen LogP contribution in [0.3, 0.4) is 0 Å². The van der Waals surface area contributed by atoms with Crippen LogP contribution >= 0.6 is 0 Å². The Hall–Kier alpha value is -2.08. The van der Waals surface area contributed by atoms with Crippen LogP contribution in [-0.4, -0.2) is 53.6 Å². The van der Waals surface area contributed by atoms with Crippen LogP contribution in [0.4, 0.5) is 0 Å². The third-order valence-electron chi connectivity index (χ3n) is 6.47. The number of ether oxygens (including phenoxy) is 1. The van der Waals surface area contributed by atoms with Gasteiger partial charge in [-0.25, -0.2) is 0 Å². The summed E-state index contributed by atoms with van der Waals surface area (Å²) in [5, 5.41) is 20.9. The van der Waals surface area contributed by atoms with E-state index in [-0.39, 0.29) is 5.41 Å². The summed E-state index contributed by atoms with van der Waals surface area (Å²) in [5.74, 6) is 0.456. The molecule has 1 aromatic heterocycles. The number of hydrogen-bond donors (Lipinski definition) is 1.